The molecule has 0 aromatic heterocycles. The number of methoxy groups -OCH3 is 1. The minimum Gasteiger partial charge on any atom is -0.497 e. The Kier molecular flexibility index (Phi) is 4.50. The van der Waals surface area contributed by atoms with Gasteiger partial charge in [0.2, 0.25) is 0 Å². The molecule has 1 atom stereocenters. The number of hydrogen-bond acceptors (Lipinski definition) is 3. The number of ketones is 1. The average molecular weight is 221 g/mol. The number of ether oxygens (including phenoxy) is 1. The van der Waals surface area contributed by atoms with Crippen LogP contribution in [0.1, 0.15) is 19.4 Å². The molecule has 0 saturated heterocycles. The van der Waals surface area contributed by atoms with E-state index in [1.165, 1.54) is 5.56 Å². The van der Waals surface area contributed by atoms with Gasteiger partial charge in [0.25, 0.3) is 0 Å². The minimum absolute atomic E-state index is 0.0397. The van der Waals surface area contributed by atoms with Crippen LogP contribution in [0, 0.1) is 0 Å². The molecular weight excluding hydrogens is 202 g/mol. The summed E-state index contributed by atoms with van der Waals surface area (Å²) in [6, 6.07) is 7.86. The summed E-state index contributed by atoms with van der Waals surface area (Å²) < 4.78 is 5.09. The second kappa shape index (κ2) is 5.66. The van der Waals surface area contributed by atoms with Crippen LogP contribution in [0.15, 0.2) is 24.3 Å². The van der Waals surface area contributed by atoms with Gasteiger partial charge in [0, 0.05) is 6.54 Å². The van der Waals surface area contributed by atoms with Crippen molar-refractivity contribution in [1.29, 1.82) is 0 Å². The molecule has 0 saturated carbocycles. The Bertz CT molecular complexity index is 345. The summed E-state index contributed by atoms with van der Waals surface area (Å²) in [5.41, 5.74) is 1.18. The maximum Gasteiger partial charge on any atom is 0.146 e. The first-order valence-corrected chi connectivity index (χ1v) is 5.38. The van der Waals surface area contributed by atoms with E-state index in [-0.39, 0.29) is 11.8 Å². The fourth-order valence-corrected chi connectivity index (χ4v) is 1.47. The number of hydrogen-bond donors (Lipinski definition) is 0. The molecule has 1 aromatic rings. The van der Waals surface area contributed by atoms with E-state index >= 15 is 0 Å². The van der Waals surface area contributed by atoms with E-state index in [0.717, 1.165) is 12.3 Å². The molecule has 0 radical (unpaired) electrons. The monoisotopic (exact) mass is 221 g/mol. The molecule has 3 heteroatoms. The predicted molar refractivity (Wildman–Crippen MR) is 64.6 cm³/mol. The highest BCUT2D eigenvalue weighted by Crippen LogP contribution is 2.13. The highest BCUT2D eigenvalue weighted by Gasteiger charge is 2.13. The maximum absolute atomic E-state index is 11.2. The SMILES string of the molecule is COc1ccc(CN(C)C(C)C(C)=O)cc1. The second-order valence-electron chi connectivity index (χ2n) is 4.05. The van der Waals surface area contributed by atoms with E-state index in [1.54, 1.807) is 14.0 Å². The van der Waals surface area contributed by atoms with Crippen LogP contribution in [-0.4, -0.2) is 30.9 Å². The number of carbonyl (C=O) groups is 1. The van der Waals surface area contributed by atoms with Crippen molar-refractivity contribution in [2.75, 3.05) is 14.2 Å². The maximum atomic E-state index is 11.2. The summed E-state index contributed by atoms with van der Waals surface area (Å²) in [7, 11) is 3.61. The van der Waals surface area contributed by atoms with Crippen LogP contribution in [-0.2, 0) is 11.3 Å². The van der Waals surface area contributed by atoms with Crippen LogP contribution >= 0.6 is 0 Å². The van der Waals surface area contributed by atoms with Crippen molar-refractivity contribution < 1.29 is 9.53 Å². The van der Waals surface area contributed by atoms with Gasteiger partial charge in [0.1, 0.15) is 11.5 Å². The molecule has 0 spiro atoms. The van der Waals surface area contributed by atoms with E-state index < -0.39 is 0 Å². The molecule has 0 fully saturated rings. The molecule has 0 N–H and O–H groups in total. The molecule has 1 rings (SSSR count). The zero-order chi connectivity index (χ0) is 12.1. The summed E-state index contributed by atoms with van der Waals surface area (Å²) >= 11 is 0. The van der Waals surface area contributed by atoms with Crippen molar-refractivity contribution in [2.45, 2.75) is 26.4 Å². The fourth-order valence-electron chi connectivity index (χ4n) is 1.47. The van der Waals surface area contributed by atoms with Gasteiger partial charge in [-0.25, -0.2) is 0 Å². The Labute approximate surface area is 97.0 Å². The lowest BCUT2D eigenvalue weighted by Crippen LogP contribution is -2.33. The summed E-state index contributed by atoms with van der Waals surface area (Å²) in [4.78, 5) is 13.2. The standard InChI is InChI=1S/C13H19NO2/c1-10(11(2)15)14(3)9-12-5-7-13(16-4)8-6-12/h5-8,10H,9H2,1-4H3. The first-order chi connectivity index (χ1) is 7.54. The summed E-state index contributed by atoms with van der Waals surface area (Å²) in [5.74, 6) is 1.04. The molecule has 1 aromatic carbocycles. The highest BCUT2D eigenvalue weighted by molar-refractivity contribution is 5.80. The van der Waals surface area contributed by atoms with Crippen molar-refractivity contribution in [2.24, 2.45) is 0 Å². The third-order valence-electron chi connectivity index (χ3n) is 2.84. The molecule has 0 aliphatic heterocycles. The Balaban J connectivity index is 2.62. The predicted octanol–water partition coefficient (Wildman–Crippen LogP) is 2.10. The molecule has 1 unspecified atom stereocenters. The zero-order valence-electron chi connectivity index (χ0n) is 10.4. The van der Waals surface area contributed by atoms with Crippen LogP contribution < -0.4 is 4.74 Å². The van der Waals surface area contributed by atoms with Gasteiger partial charge in [0.15, 0.2) is 0 Å². The molecular formula is C13H19NO2. The number of Topliss-reactive ketones (excluding diaryl/α,β-unsaturated/α-hetero) is 1. The second-order valence-corrected chi connectivity index (χ2v) is 4.05. The fraction of sp³-hybridized carbons (Fsp3) is 0.462. The lowest BCUT2D eigenvalue weighted by atomic mass is 10.1. The molecule has 0 aliphatic carbocycles. The zero-order valence-corrected chi connectivity index (χ0v) is 10.4. The molecule has 16 heavy (non-hydrogen) atoms. The van der Waals surface area contributed by atoms with Gasteiger partial charge < -0.3 is 4.74 Å². The summed E-state index contributed by atoms with van der Waals surface area (Å²) in [6.45, 7) is 4.31. The third-order valence-corrected chi connectivity index (χ3v) is 2.84. The topological polar surface area (TPSA) is 29.5 Å². The van der Waals surface area contributed by atoms with Gasteiger partial charge in [-0.2, -0.15) is 0 Å². The Morgan fingerprint density at radius 2 is 1.94 bits per heavy atom. The number of benzene rings is 1. The van der Waals surface area contributed by atoms with Crippen LogP contribution in [0.3, 0.4) is 0 Å². The number of carbonyl (C=O) groups excluding carboxylic acids is 1. The van der Waals surface area contributed by atoms with Crippen LogP contribution in [0.2, 0.25) is 0 Å². The van der Waals surface area contributed by atoms with Crippen molar-refractivity contribution in [3.63, 3.8) is 0 Å². The highest BCUT2D eigenvalue weighted by atomic mass is 16.5. The normalized spacial score (nSPS) is 12.6. The van der Waals surface area contributed by atoms with Crippen LogP contribution in [0.5, 0.6) is 5.75 Å². The molecule has 0 amide bonds. The largest absolute Gasteiger partial charge is 0.497 e. The van der Waals surface area contributed by atoms with Crippen LogP contribution in [0.25, 0.3) is 0 Å². The molecule has 0 aliphatic rings. The first-order valence-electron chi connectivity index (χ1n) is 5.38. The first kappa shape index (κ1) is 12.7. The Morgan fingerprint density at radius 1 is 1.38 bits per heavy atom. The molecule has 3 nitrogen and oxygen atoms in total. The summed E-state index contributed by atoms with van der Waals surface area (Å²) in [5, 5.41) is 0. The van der Waals surface area contributed by atoms with Gasteiger partial charge in [-0.1, -0.05) is 12.1 Å². The van der Waals surface area contributed by atoms with Crippen molar-refractivity contribution in [1.82, 2.24) is 4.90 Å². The van der Waals surface area contributed by atoms with Gasteiger partial charge in [-0.3, -0.25) is 9.69 Å². The van der Waals surface area contributed by atoms with Gasteiger partial charge >= 0.3 is 0 Å². The van der Waals surface area contributed by atoms with Crippen molar-refractivity contribution in [3.8, 4) is 5.75 Å². The Hall–Kier alpha value is -1.35. The number of rotatable bonds is 5. The number of likely N-dealkylation sites (N-methyl/N-ethyl adjacent to an activating group) is 1. The quantitative estimate of drug-likeness (QED) is 0.762. The van der Waals surface area contributed by atoms with Gasteiger partial charge in [-0.15, -0.1) is 0 Å². The van der Waals surface area contributed by atoms with E-state index in [9.17, 15) is 4.79 Å². The molecule has 0 heterocycles. The van der Waals surface area contributed by atoms with E-state index in [1.807, 2.05) is 43.1 Å². The Morgan fingerprint density at radius 3 is 2.38 bits per heavy atom. The lowest BCUT2D eigenvalue weighted by molar-refractivity contribution is -0.121. The van der Waals surface area contributed by atoms with E-state index in [2.05, 4.69) is 0 Å². The number of nitrogens with zero attached hydrogens (tertiary/aromatic N) is 1. The third kappa shape index (κ3) is 3.35. The minimum atomic E-state index is -0.0397. The van der Waals surface area contributed by atoms with E-state index in [0.29, 0.717) is 0 Å². The van der Waals surface area contributed by atoms with Gasteiger partial charge in [-0.05, 0) is 38.6 Å². The lowest BCUT2D eigenvalue weighted by Gasteiger charge is -2.22. The van der Waals surface area contributed by atoms with Gasteiger partial charge in [0.05, 0.1) is 13.2 Å². The van der Waals surface area contributed by atoms with Crippen LogP contribution in [0.4, 0.5) is 0 Å². The average Bonchev–Trinajstić information content (AvgIpc) is 2.28. The molecule has 0 bridgehead atoms. The summed E-state index contributed by atoms with van der Waals surface area (Å²) in [6.07, 6.45) is 0. The van der Waals surface area contributed by atoms with Crippen molar-refractivity contribution in [3.05, 3.63) is 29.8 Å². The smallest absolute Gasteiger partial charge is 0.146 e. The molecule has 88 valence electrons. The van der Waals surface area contributed by atoms with Crippen molar-refractivity contribution >= 4 is 5.78 Å². The van der Waals surface area contributed by atoms with E-state index in [4.69, 9.17) is 4.74 Å².